The van der Waals surface area contributed by atoms with Crippen molar-refractivity contribution in [2.24, 2.45) is 5.92 Å². The number of aromatic nitrogens is 2. The van der Waals surface area contributed by atoms with Crippen molar-refractivity contribution in [3.05, 3.63) is 80.1 Å². The Morgan fingerprint density at radius 1 is 1.12 bits per heavy atom. The number of carbonyl (C=O) groups is 1. The van der Waals surface area contributed by atoms with Crippen LogP contribution in [0.25, 0.3) is 0 Å². The van der Waals surface area contributed by atoms with Gasteiger partial charge in [0.15, 0.2) is 0 Å². The van der Waals surface area contributed by atoms with Crippen molar-refractivity contribution in [1.29, 1.82) is 0 Å². The van der Waals surface area contributed by atoms with Gasteiger partial charge in [0.25, 0.3) is 5.56 Å². The molecule has 1 aliphatic rings. The van der Waals surface area contributed by atoms with Gasteiger partial charge >= 0.3 is 5.69 Å². The third-order valence-corrected chi connectivity index (χ3v) is 4.23. The summed E-state index contributed by atoms with van der Waals surface area (Å²) in [6.45, 7) is 6.01. The summed E-state index contributed by atoms with van der Waals surface area (Å²) in [6.07, 6.45) is 5.91. The molecular weight excluding hydrogens is 316 g/mol. The van der Waals surface area contributed by atoms with Crippen molar-refractivity contribution in [1.82, 2.24) is 9.55 Å². The van der Waals surface area contributed by atoms with E-state index in [0.717, 1.165) is 12.8 Å². The average molecular weight is 340 g/mol. The Bertz CT molecular complexity index is 868. The lowest BCUT2D eigenvalue weighted by Gasteiger charge is -2.17. The SMILES string of the molecule is CC.Cc1c(C(=O)c2ccccc2)n(CC2CC=CC2)c(=O)[nH]c1=O. The normalized spacial score (nSPS) is 13.4. The number of hydrogen-bond donors (Lipinski definition) is 1. The number of ketones is 1. The van der Waals surface area contributed by atoms with Crippen LogP contribution in [0.4, 0.5) is 0 Å². The van der Waals surface area contributed by atoms with E-state index in [1.54, 1.807) is 31.2 Å². The van der Waals surface area contributed by atoms with Crippen LogP contribution >= 0.6 is 0 Å². The van der Waals surface area contributed by atoms with E-state index in [0.29, 0.717) is 12.1 Å². The number of rotatable bonds is 4. The van der Waals surface area contributed by atoms with Crippen molar-refractivity contribution < 1.29 is 4.79 Å². The number of hydrogen-bond acceptors (Lipinski definition) is 3. The van der Waals surface area contributed by atoms with E-state index < -0.39 is 11.2 Å². The molecule has 0 bridgehead atoms. The van der Waals surface area contributed by atoms with E-state index in [1.165, 1.54) is 4.57 Å². The first-order valence-electron chi connectivity index (χ1n) is 8.66. The lowest BCUT2D eigenvalue weighted by Crippen LogP contribution is -2.37. The molecule has 0 radical (unpaired) electrons. The molecule has 0 aliphatic heterocycles. The highest BCUT2D eigenvalue weighted by Crippen LogP contribution is 2.20. The molecule has 132 valence electrons. The third-order valence-electron chi connectivity index (χ3n) is 4.23. The van der Waals surface area contributed by atoms with Crippen molar-refractivity contribution >= 4 is 5.78 Å². The van der Waals surface area contributed by atoms with Gasteiger partial charge in [-0.1, -0.05) is 56.3 Å². The average Bonchev–Trinajstić information content (AvgIpc) is 3.15. The first-order valence-corrected chi connectivity index (χ1v) is 8.66. The van der Waals surface area contributed by atoms with Crippen LogP contribution < -0.4 is 11.2 Å². The summed E-state index contributed by atoms with van der Waals surface area (Å²) in [5.74, 6) is -0.0161. The molecule has 3 rings (SSSR count). The molecule has 0 spiro atoms. The molecule has 1 aromatic carbocycles. The van der Waals surface area contributed by atoms with Gasteiger partial charge in [0.05, 0.1) is 0 Å². The summed E-state index contributed by atoms with van der Waals surface area (Å²) >= 11 is 0. The van der Waals surface area contributed by atoms with Crippen molar-refractivity contribution in [2.45, 2.75) is 40.2 Å². The number of carbonyl (C=O) groups excluding carboxylic acids is 1. The summed E-state index contributed by atoms with van der Waals surface area (Å²) in [5, 5.41) is 0. The molecule has 2 aromatic rings. The summed E-state index contributed by atoms with van der Waals surface area (Å²) in [5.41, 5.74) is -0.0815. The second-order valence-corrected chi connectivity index (χ2v) is 5.85. The van der Waals surface area contributed by atoms with E-state index in [9.17, 15) is 14.4 Å². The molecular formula is C20H24N2O3. The fourth-order valence-electron chi connectivity index (χ4n) is 2.94. The maximum atomic E-state index is 12.8. The molecule has 1 aromatic heterocycles. The zero-order valence-corrected chi connectivity index (χ0v) is 14.9. The van der Waals surface area contributed by atoms with Crippen molar-refractivity contribution in [3.63, 3.8) is 0 Å². The Labute approximate surface area is 147 Å². The van der Waals surface area contributed by atoms with Gasteiger partial charge in [-0.05, 0) is 25.7 Å². The predicted octanol–water partition coefficient (Wildman–Crippen LogP) is 3.07. The van der Waals surface area contributed by atoms with E-state index in [2.05, 4.69) is 17.1 Å². The fraction of sp³-hybridized carbons (Fsp3) is 0.350. The van der Waals surface area contributed by atoms with Gasteiger partial charge in [-0.15, -0.1) is 0 Å². The van der Waals surface area contributed by atoms with Gasteiger partial charge in [0.1, 0.15) is 5.69 Å². The van der Waals surface area contributed by atoms with Gasteiger partial charge < -0.3 is 0 Å². The maximum absolute atomic E-state index is 12.8. The molecule has 0 amide bonds. The Hall–Kier alpha value is -2.69. The van der Waals surface area contributed by atoms with E-state index in [1.807, 2.05) is 19.9 Å². The third kappa shape index (κ3) is 4.05. The lowest BCUT2D eigenvalue weighted by molar-refractivity contribution is 0.102. The highest BCUT2D eigenvalue weighted by atomic mass is 16.2. The van der Waals surface area contributed by atoms with Gasteiger partial charge in [-0.3, -0.25) is 19.1 Å². The lowest BCUT2D eigenvalue weighted by atomic mass is 10.0. The molecule has 25 heavy (non-hydrogen) atoms. The smallest absolute Gasteiger partial charge is 0.290 e. The Kier molecular flexibility index (Phi) is 6.28. The van der Waals surface area contributed by atoms with Crippen LogP contribution in [0, 0.1) is 12.8 Å². The van der Waals surface area contributed by atoms with Gasteiger partial charge in [0, 0.05) is 17.7 Å². The zero-order valence-electron chi connectivity index (χ0n) is 14.9. The minimum Gasteiger partial charge on any atom is -0.290 e. The number of allylic oxidation sites excluding steroid dienone is 2. The van der Waals surface area contributed by atoms with Crippen LogP contribution in [-0.4, -0.2) is 15.3 Å². The van der Waals surface area contributed by atoms with Gasteiger partial charge in [-0.25, -0.2) is 4.79 Å². The Morgan fingerprint density at radius 2 is 1.72 bits per heavy atom. The highest BCUT2D eigenvalue weighted by Gasteiger charge is 2.22. The molecule has 0 atom stereocenters. The first kappa shape index (κ1) is 18.6. The molecule has 0 unspecified atom stereocenters. The molecule has 1 N–H and O–H groups in total. The van der Waals surface area contributed by atoms with Crippen LogP contribution in [0.5, 0.6) is 0 Å². The molecule has 0 saturated heterocycles. The monoisotopic (exact) mass is 340 g/mol. The molecule has 5 nitrogen and oxygen atoms in total. The number of nitrogens with one attached hydrogen (secondary N) is 1. The largest absolute Gasteiger partial charge is 0.328 e. The number of benzene rings is 1. The van der Waals surface area contributed by atoms with Gasteiger partial charge in [0.2, 0.25) is 5.78 Å². The number of aromatic amines is 1. The van der Waals surface area contributed by atoms with Crippen LogP contribution in [0.2, 0.25) is 0 Å². The first-order chi connectivity index (χ1) is 12.1. The van der Waals surface area contributed by atoms with Crippen LogP contribution in [-0.2, 0) is 6.54 Å². The van der Waals surface area contributed by atoms with Crippen LogP contribution in [0.15, 0.2) is 52.1 Å². The topological polar surface area (TPSA) is 71.9 Å². The van der Waals surface area contributed by atoms with E-state index >= 15 is 0 Å². The zero-order chi connectivity index (χ0) is 18.4. The fourth-order valence-corrected chi connectivity index (χ4v) is 2.94. The predicted molar refractivity (Wildman–Crippen MR) is 99.1 cm³/mol. The van der Waals surface area contributed by atoms with E-state index in [4.69, 9.17) is 0 Å². The minimum atomic E-state index is -0.521. The summed E-state index contributed by atoms with van der Waals surface area (Å²) in [6, 6.07) is 8.72. The minimum absolute atomic E-state index is 0.192. The van der Waals surface area contributed by atoms with Crippen LogP contribution in [0.1, 0.15) is 48.3 Å². The summed E-state index contributed by atoms with van der Waals surface area (Å²) < 4.78 is 1.42. The second-order valence-electron chi connectivity index (χ2n) is 5.85. The molecule has 1 aliphatic carbocycles. The maximum Gasteiger partial charge on any atom is 0.328 e. The molecule has 1 heterocycles. The van der Waals surface area contributed by atoms with Crippen molar-refractivity contribution in [3.8, 4) is 0 Å². The number of H-pyrrole nitrogens is 1. The van der Waals surface area contributed by atoms with Crippen LogP contribution in [0.3, 0.4) is 0 Å². The standard InChI is InChI=1S/C18H18N2O3.C2H6/c1-12-15(16(21)14-9-3-2-4-10-14)20(18(23)19-17(12)22)11-13-7-5-6-8-13;1-2/h2-6,9-10,13H,7-8,11H2,1H3,(H,19,22,23);1-2H3. The second kappa shape index (κ2) is 8.42. The van der Waals surface area contributed by atoms with Gasteiger partial charge in [-0.2, -0.15) is 0 Å². The summed E-state index contributed by atoms with van der Waals surface area (Å²) in [4.78, 5) is 39.4. The van der Waals surface area contributed by atoms with E-state index in [-0.39, 0.29) is 23.0 Å². The Balaban J connectivity index is 0.00000109. The Morgan fingerprint density at radius 3 is 2.32 bits per heavy atom. The molecule has 0 fully saturated rings. The molecule has 0 saturated carbocycles. The van der Waals surface area contributed by atoms with Crippen molar-refractivity contribution in [2.75, 3.05) is 0 Å². The summed E-state index contributed by atoms with van der Waals surface area (Å²) in [7, 11) is 0. The highest BCUT2D eigenvalue weighted by molar-refractivity contribution is 6.08. The number of nitrogens with zero attached hydrogens (tertiary/aromatic N) is 1. The molecule has 5 heteroatoms. The quantitative estimate of drug-likeness (QED) is 0.687.